The number of aryl methyl sites for hydroxylation is 1. The van der Waals surface area contributed by atoms with Crippen LogP contribution in [0.2, 0.25) is 0 Å². The molecule has 0 radical (unpaired) electrons. The number of hydrogen-bond donors (Lipinski definition) is 1. The first kappa shape index (κ1) is 18.1. The largest absolute Gasteiger partial charge is 0.349 e. The highest BCUT2D eigenvalue weighted by Gasteiger charge is 2.12. The van der Waals surface area contributed by atoms with E-state index < -0.39 is 0 Å². The van der Waals surface area contributed by atoms with Gasteiger partial charge in [0.25, 0.3) is 11.5 Å². The van der Waals surface area contributed by atoms with E-state index in [0.29, 0.717) is 16.6 Å². The number of aromatic nitrogens is 1. The Labute approximate surface area is 156 Å². The lowest BCUT2D eigenvalue weighted by molar-refractivity contribution is 0.102. The Morgan fingerprint density at radius 2 is 1.88 bits per heavy atom. The molecule has 0 aliphatic heterocycles. The summed E-state index contributed by atoms with van der Waals surface area (Å²) in [6.07, 6.45) is 0. The maximum Gasteiger partial charge on any atom is 0.281 e. The van der Waals surface area contributed by atoms with Gasteiger partial charge in [-0.3, -0.25) is 9.59 Å². The van der Waals surface area contributed by atoms with Gasteiger partial charge < -0.3 is 10.2 Å². The van der Waals surface area contributed by atoms with Crippen molar-refractivity contribution in [3.05, 3.63) is 63.9 Å². The standard InChI is InChI=1S/C20H21N3O2S/c1-4-23(5-2)20-22-19(25)16-12-14(10-11-17(16)26-20)21-18(24)15-9-7-6-8-13(15)3/h6-12H,4-5H2,1-3H3,(H,21,24). The Morgan fingerprint density at radius 1 is 1.15 bits per heavy atom. The average Bonchev–Trinajstić information content (AvgIpc) is 2.63. The highest BCUT2D eigenvalue weighted by molar-refractivity contribution is 7.21. The van der Waals surface area contributed by atoms with Gasteiger partial charge in [-0.2, -0.15) is 4.98 Å². The third-order valence-electron chi connectivity index (χ3n) is 4.29. The van der Waals surface area contributed by atoms with Crippen LogP contribution in [0, 0.1) is 6.92 Å². The van der Waals surface area contributed by atoms with Gasteiger partial charge in [-0.15, -0.1) is 0 Å². The van der Waals surface area contributed by atoms with Gasteiger partial charge in [-0.1, -0.05) is 29.5 Å². The lowest BCUT2D eigenvalue weighted by atomic mass is 10.1. The van der Waals surface area contributed by atoms with Crippen LogP contribution in [0.5, 0.6) is 0 Å². The first-order chi connectivity index (χ1) is 12.5. The number of rotatable bonds is 5. The number of anilines is 2. The normalized spacial score (nSPS) is 10.7. The number of carbonyl (C=O) groups excluding carboxylic acids is 1. The molecule has 0 atom stereocenters. The molecular formula is C20H21N3O2S. The minimum atomic E-state index is -0.271. The van der Waals surface area contributed by atoms with Gasteiger partial charge in [-0.25, -0.2) is 0 Å². The molecule has 3 rings (SSSR count). The number of nitrogens with zero attached hydrogens (tertiary/aromatic N) is 2. The number of benzene rings is 2. The predicted molar refractivity (Wildman–Crippen MR) is 109 cm³/mol. The lowest BCUT2D eigenvalue weighted by Gasteiger charge is -2.18. The van der Waals surface area contributed by atoms with Crippen LogP contribution in [-0.4, -0.2) is 24.0 Å². The third kappa shape index (κ3) is 3.60. The molecule has 1 N–H and O–H groups in total. The molecule has 1 amide bonds. The van der Waals surface area contributed by atoms with Crippen molar-refractivity contribution in [2.75, 3.05) is 23.3 Å². The Kier molecular flexibility index (Phi) is 5.32. The summed E-state index contributed by atoms with van der Waals surface area (Å²) in [5, 5.41) is 4.11. The monoisotopic (exact) mass is 367 g/mol. The zero-order chi connectivity index (χ0) is 18.7. The van der Waals surface area contributed by atoms with Crippen molar-refractivity contribution in [3.63, 3.8) is 0 Å². The van der Waals surface area contributed by atoms with E-state index in [1.54, 1.807) is 12.1 Å². The zero-order valence-electron chi connectivity index (χ0n) is 15.1. The second kappa shape index (κ2) is 7.66. The van der Waals surface area contributed by atoms with Crippen LogP contribution in [-0.2, 0) is 0 Å². The van der Waals surface area contributed by atoms with E-state index >= 15 is 0 Å². The fourth-order valence-electron chi connectivity index (χ4n) is 2.79. The van der Waals surface area contributed by atoms with E-state index in [0.717, 1.165) is 28.5 Å². The summed E-state index contributed by atoms with van der Waals surface area (Å²) in [5.74, 6) is -0.189. The highest BCUT2D eigenvalue weighted by Crippen LogP contribution is 2.26. The van der Waals surface area contributed by atoms with Crippen molar-refractivity contribution in [2.45, 2.75) is 20.8 Å². The summed E-state index contributed by atoms with van der Waals surface area (Å²) < 4.78 is 0.862. The molecule has 2 aromatic carbocycles. The molecule has 0 saturated carbocycles. The van der Waals surface area contributed by atoms with Crippen LogP contribution in [0.4, 0.5) is 10.8 Å². The first-order valence-electron chi connectivity index (χ1n) is 8.60. The zero-order valence-corrected chi connectivity index (χ0v) is 15.9. The van der Waals surface area contributed by atoms with Gasteiger partial charge in [0.2, 0.25) is 0 Å². The Bertz CT molecular complexity index is 1010. The van der Waals surface area contributed by atoms with Crippen LogP contribution in [0.15, 0.2) is 47.3 Å². The maximum absolute atomic E-state index is 12.5. The summed E-state index contributed by atoms with van der Waals surface area (Å²) >= 11 is 1.49. The van der Waals surface area contributed by atoms with Gasteiger partial charge in [0.15, 0.2) is 5.13 Å². The topological polar surface area (TPSA) is 62.3 Å². The molecule has 0 spiro atoms. The van der Waals surface area contributed by atoms with Crippen LogP contribution < -0.4 is 15.8 Å². The van der Waals surface area contributed by atoms with Gasteiger partial charge >= 0.3 is 0 Å². The summed E-state index contributed by atoms with van der Waals surface area (Å²) in [4.78, 5) is 31.2. The Balaban J connectivity index is 1.94. The first-order valence-corrected chi connectivity index (χ1v) is 9.42. The molecule has 0 saturated heterocycles. The minimum absolute atomic E-state index is 0.189. The minimum Gasteiger partial charge on any atom is -0.349 e. The molecule has 6 heteroatoms. The molecule has 134 valence electrons. The average molecular weight is 367 g/mol. The van der Waals surface area contributed by atoms with E-state index in [4.69, 9.17) is 0 Å². The molecule has 0 aliphatic carbocycles. The van der Waals surface area contributed by atoms with Crippen LogP contribution >= 0.6 is 11.3 Å². The summed E-state index contributed by atoms with van der Waals surface area (Å²) in [7, 11) is 0. The Morgan fingerprint density at radius 3 is 2.58 bits per heavy atom. The fraction of sp³-hybridized carbons (Fsp3) is 0.250. The number of carbonyl (C=O) groups is 1. The smallest absolute Gasteiger partial charge is 0.281 e. The quantitative estimate of drug-likeness (QED) is 0.739. The van der Waals surface area contributed by atoms with E-state index in [-0.39, 0.29) is 11.5 Å². The molecule has 26 heavy (non-hydrogen) atoms. The van der Waals surface area contributed by atoms with Crippen molar-refractivity contribution in [1.82, 2.24) is 4.98 Å². The van der Waals surface area contributed by atoms with Crippen molar-refractivity contribution in [3.8, 4) is 0 Å². The van der Waals surface area contributed by atoms with Crippen LogP contribution in [0.1, 0.15) is 29.8 Å². The molecular weight excluding hydrogens is 346 g/mol. The SMILES string of the molecule is CCN(CC)c1nc(=O)c2cc(NC(=O)c3ccccc3C)ccc2s1. The van der Waals surface area contributed by atoms with Crippen molar-refractivity contribution < 1.29 is 4.79 Å². The van der Waals surface area contributed by atoms with Crippen LogP contribution in [0.25, 0.3) is 10.1 Å². The molecule has 0 unspecified atom stereocenters. The van der Waals surface area contributed by atoms with E-state index in [2.05, 4.69) is 15.2 Å². The van der Waals surface area contributed by atoms with Crippen molar-refractivity contribution in [1.29, 1.82) is 0 Å². The molecule has 1 heterocycles. The lowest BCUT2D eigenvalue weighted by Crippen LogP contribution is -2.24. The van der Waals surface area contributed by atoms with E-state index in [1.165, 1.54) is 11.3 Å². The third-order valence-corrected chi connectivity index (χ3v) is 5.40. The summed E-state index contributed by atoms with van der Waals surface area (Å²) in [6.45, 7) is 7.57. The van der Waals surface area contributed by atoms with Gasteiger partial charge in [0, 0.05) is 29.0 Å². The van der Waals surface area contributed by atoms with Gasteiger partial charge in [-0.05, 0) is 50.6 Å². The summed E-state index contributed by atoms with van der Waals surface area (Å²) in [5.41, 5.74) is 1.84. The van der Waals surface area contributed by atoms with Crippen molar-refractivity contribution in [2.24, 2.45) is 0 Å². The van der Waals surface area contributed by atoms with E-state index in [1.807, 2.05) is 51.1 Å². The van der Waals surface area contributed by atoms with E-state index in [9.17, 15) is 9.59 Å². The molecule has 0 bridgehead atoms. The predicted octanol–water partition coefficient (Wildman–Crippen LogP) is 4.06. The number of fused-ring (bicyclic) bond motifs is 1. The Hall–Kier alpha value is -2.73. The van der Waals surface area contributed by atoms with Crippen molar-refractivity contribution >= 4 is 38.1 Å². The molecule has 0 aliphatic rings. The van der Waals surface area contributed by atoms with Gasteiger partial charge in [0.1, 0.15) is 0 Å². The number of amides is 1. The highest BCUT2D eigenvalue weighted by atomic mass is 32.1. The van der Waals surface area contributed by atoms with Crippen LogP contribution in [0.3, 0.4) is 0 Å². The molecule has 3 aromatic rings. The van der Waals surface area contributed by atoms with Gasteiger partial charge in [0.05, 0.1) is 5.39 Å². The summed E-state index contributed by atoms with van der Waals surface area (Å²) in [6, 6.07) is 12.8. The molecule has 0 fully saturated rings. The number of hydrogen-bond acceptors (Lipinski definition) is 5. The fourth-order valence-corrected chi connectivity index (χ4v) is 3.89. The molecule has 5 nitrogen and oxygen atoms in total. The maximum atomic E-state index is 12.5. The second-order valence-corrected chi connectivity index (χ2v) is 6.96. The second-order valence-electron chi connectivity index (χ2n) is 5.95. The molecule has 1 aromatic heterocycles. The number of nitrogens with one attached hydrogen (secondary N) is 1.